The molecule has 0 radical (unpaired) electrons. The minimum absolute atomic E-state index is 0.183. The molecule has 0 aliphatic rings. The van der Waals surface area contributed by atoms with Crippen molar-refractivity contribution in [2.45, 2.75) is 247 Å². The fourth-order valence-corrected chi connectivity index (χ4v) is 10.2. The van der Waals surface area contributed by atoms with Crippen molar-refractivity contribution in [3.05, 3.63) is 113 Å². The minimum Gasteiger partial charge on any atom is -0.493 e. The molecule has 2 aromatic heterocycles. The molecule has 0 aliphatic heterocycles. The summed E-state index contributed by atoms with van der Waals surface area (Å²) in [5.74, 6) is 2.46. The van der Waals surface area contributed by atoms with Crippen molar-refractivity contribution in [3.8, 4) is 51.3 Å². The van der Waals surface area contributed by atoms with Gasteiger partial charge < -0.3 is 23.7 Å². The van der Waals surface area contributed by atoms with E-state index in [1.54, 1.807) is 24.5 Å². The van der Waals surface area contributed by atoms with Gasteiger partial charge >= 0.3 is 0 Å². The van der Waals surface area contributed by atoms with Gasteiger partial charge in [0.15, 0.2) is 11.5 Å². The first-order chi connectivity index (χ1) is 38.2. The molecule has 0 saturated heterocycles. The predicted molar refractivity (Wildman–Crippen MR) is 321 cm³/mol. The lowest BCUT2D eigenvalue weighted by molar-refractivity contribution is 0.252. The zero-order valence-electron chi connectivity index (χ0n) is 49.4. The van der Waals surface area contributed by atoms with Crippen LogP contribution in [0.25, 0.3) is 22.5 Å². The summed E-state index contributed by atoms with van der Waals surface area (Å²) in [7, 11) is 0. The number of ether oxygens (including phenoxy) is 5. The number of pyridine rings is 2. The predicted octanol–water partition coefficient (Wildman–Crippen LogP) is 21.1. The molecule has 0 aliphatic carbocycles. The van der Waals surface area contributed by atoms with Gasteiger partial charge in [-0.05, 0) is 93.1 Å². The summed E-state index contributed by atoms with van der Waals surface area (Å²) in [4.78, 5) is 9.17. The van der Waals surface area contributed by atoms with E-state index in [9.17, 15) is 0 Å². The zero-order chi connectivity index (χ0) is 55.4. The molecule has 78 heavy (non-hydrogen) atoms. The fraction of sp³-hybridized carbons (Fsp3) is 0.594. The van der Waals surface area contributed by atoms with Crippen LogP contribution >= 0.6 is 0 Å². The molecule has 3 aromatic carbocycles. The molecule has 0 atom stereocenters. The second-order valence-electron chi connectivity index (χ2n) is 22.0. The van der Waals surface area contributed by atoms with E-state index in [1.165, 1.54) is 173 Å². The van der Waals surface area contributed by atoms with Crippen molar-refractivity contribution >= 4 is 0 Å². The lowest BCUT2D eigenvalue weighted by Crippen LogP contribution is -2.05. The first kappa shape index (κ1) is 63.6. The van der Waals surface area contributed by atoms with Crippen molar-refractivity contribution in [1.82, 2.24) is 9.97 Å². The Morgan fingerprint density at radius 1 is 0.346 bits per heavy atom. The molecule has 0 fully saturated rings. The zero-order valence-corrected chi connectivity index (χ0v) is 49.4. The van der Waals surface area contributed by atoms with Gasteiger partial charge in [0.05, 0.1) is 31.2 Å². The highest BCUT2D eigenvalue weighted by molar-refractivity contribution is 5.70. The Labute approximate surface area is 471 Å². The van der Waals surface area contributed by atoms with Crippen LogP contribution in [0.3, 0.4) is 0 Å². The van der Waals surface area contributed by atoms with Gasteiger partial charge in [0.2, 0.25) is 0 Å². The van der Waals surface area contributed by atoms with Crippen molar-refractivity contribution in [1.29, 1.82) is 0 Å². The average molecular weight is 1080 g/mol. The van der Waals surface area contributed by atoms with Gasteiger partial charge in [0.25, 0.3) is 0 Å². The molecule has 0 spiro atoms. The van der Waals surface area contributed by atoms with Crippen LogP contribution in [0.1, 0.15) is 241 Å². The Kier molecular flexibility index (Phi) is 31.4. The monoisotopic (exact) mass is 1070 g/mol. The summed E-state index contributed by atoms with van der Waals surface area (Å²) in [5.41, 5.74) is 5.81. The van der Waals surface area contributed by atoms with Crippen molar-refractivity contribution in [2.24, 2.45) is 0 Å². The quantitative estimate of drug-likeness (QED) is 0.0360. The Morgan fingerprint density at radius 3 is 1.05 bits per heavy atom. The fourth-order valence-electron chi connectivity index (χ4n) is 10.2. The lowest BCUT2D eigenvalue weighted by atomic mass is 10.0. The van der Waals surface area contributed by atoms with Gasteiger partial charge in [-0.1, -0.05) is 206 Å². The number of hydrogen-bond donors (Lipinski definition) is 0. The van der Waals surface area contributed by atoms with Crippen molar-refractivity contribution in [2.75, 3.05) is 19.8 Å². The summed E-state index contributed by atoms with van der Waals surface area (Å²) in [6.07, 6.45) is 41.8. The standard InChI is InChI=1S/C69H100F2N2O5/c1-7-10-13-16-19-22-25-28-31-34-41-74-67-47-60(46-56(6)69(67)76-43-36-33-30-27-24-21-18-15-12-9-3)78-53-58-38-40-66(73-51-58)62-48-61(63(70)49-64(62)71)65-39-37-57(50-72-65)52-77-59-44-54(4)68(55(5)45-59)75-42-35-32-29-26-23-20-17-14-11-8-2/h37-40,44-51H,7-36,41-43,52-53H2,1-6H3. The minimum atomic E-state index is -0.699. The van der Waals surface area contributed by atoms with E-state index in [0.717, 1.165) is 76.8 Å². The summed E-state index contributed by atoms with van der Waals surface area (Å²) in [6.45, 7) is 15.5. The number of unbranched alkanes of at least 4 members (excludes halogenated alkanes) is 27. The number of benzene rings is 3. The molecule has 0 bridgehead atoms. The lowest BCUT2D eigenvalue weighted by Gasteiger charge is -2.17. The van der Waals surface area contributed by atoms with Crippen LogP contribution in [0.15, 0.2) is 73.1 Å². The van der Waals surface area contributed by atoms with Gasteiger partial charge in [0.1, 0.15) is 42.1 Å². The van der Waals surface area contributed by atoms with Gasteiger partial charge in [-0.25, -0.2) is 8.78 Å². The molecule has 7 nitrogen and oxygen atoms in total. The highest BCUT2D eigenvalue weighted by Crippen LogP contribution is 2.37. The number of nitrogens with zero attached hydrogens (tertiary/aromatic N) is 2. The van der Waals surface area contributed by atoms with Crippen LogP contribution < -0.4 is 23.7 Å². The second-order valence-corrected chi connectivity index (χ2v) is 22.0. The van der Waals surface area contributed by atoms with Gasteiger partial charge in [0, 0.05) is 46.8 Å². The number of aryl methyl sites for hydroxylation is 3. The molecule has 5 rings (SSSR count). The molecule has 9 heteroatoms. The third kappa shape index (κ3) is 24.0. The number of rotatable bonds is 44. The second kappa shape index (κ2) is 38.4. The van der Waals surface area contributed by atoms with Crippen LogP contribution in [-0.4, -0.2) is 29.8 Å². The highest BCUT2D eigenvalue weighted by atomic mass is 19.1. The SMILES string of the molecule is CCCCCCCCCCCCOc1cc(OCc2ccc(-c3cc(-c4ccc(COc5cc(C)c(OCCCCCCCCCCCC)c(C)c5)cn4)c(F)cc3F)nc2)cc(C)c1OCCCCCCCCCCCC. The molecule has 430 valence electrons. The first-order valence-electron chi connectivity index (χ1n) is 31.0. The Morgan fingerprint density at radius 2 is 0.679 bits per heavy atom. The number of hydrogen-bond acceptors (Lipinski definition) is 7. The van der Waals surface area contributed by atoms with E-state index in [-0.39, 0.29) is 24.3 Å². The summed E-state index contributed by atoms with van der Waals surface area (Å²) >= 11 is 0. The van der Waals surface area contributed by atoms with E-state index in [2.05, 4.69) is 44.6 Å². The molecule has 0 saturated carbocycles. The Balaban J connectivity index is 1.12. The molecule has 0 amide bonds. The number of halogens is 2. The van der Waals surface area contributed by atoms with Crippen LogP contribution in [0, 0.1) is 32.4 Å². The van der Waals surface area contributed by atoms with Gasteiger partial charge in [-0.15, -0.1) is 0 Å². The summed E-state index contributed by atoms with van der Waals surface area (Å²) < 4.78 is 62.4. The molecule has 0 unspecified atom stereocenters. The van der Waals surface area contributed by atoms with Crippen molar-refractivity contribution in [3.63, 3.8) is 0 Å². The average Bonchev–Trinajstić information content (AvgIpc) is 3.47. The molecule has 5 aromatic rings. The van der Waals surface area contributed by atoms with E-state index in [4.69, 9.17) is 23.7 Å². The van der Waals surface area contributed by atoms with Crippen LogP contribution in [0.5, 0.6) is 28.7 Å². The molecule has 0 N–H and O–H groups in total. The topological polar surface area (TPSA) is 71.9 Å². The Hall–Kier alpha value is -5.18. The smallest absolute Gasteiger partial charge is 0.165 e. The molecular formula is C69H100F2N2O5. The third-order valence-electron chi connectivity index (χ3n) is 15.0. The summed E-state index contributed by atoms with van der Waals surface area (Å²) in [6, 6.07) is 17.5. The maximum Gasteiger partial charge on any atom is 0.165 e. The van der Waals surface area contributed by atoms with Gasteiger partial charge in [-0.2, -0.15) is 0 Å². The van der Waals surface area contributed by atoms with Crippen LogP contribution in [0.2, 0.25) is 0 Å². The van der Waals surface area contributed by atoms with Crippen LogP contribution in [0.4, 0.5) is 8.78 Å². The third-order valence-corrected chi connectivity index (χ3v) is 15.0. The van der Waals surface area contributed by atoms with E-state index >= 15 is 8.78 Å². The van der Waals surface area contributed by atoms with E-state index < -0.39 is 11.6 Å². The Bertz CT molecular complexity index is 2370. The maximum atomic E-state index is 15.4. The maximum absolute atomic E-state index is 15.4. The molecule has 2 heterocycles. The van der Waals surface area contributed by atoms with Crippen LogP contribution in [-0.2, 0) is 13.2 Å². The van der Waals surface area contributed by atoms with E-state index in [1.807, 2.05) is 43.3 Å². The molecular weight excluding hydrogens is 975 g/mol. The van der Waals surface area contributed by atoms with Gasteiger partial charge in [-0.3, -0.25) is 9.97 Å². The largest absolute Gasteiger partial charge is 0.493 e. The van der Waals surface area contributed by atoms with E-state index in [0.29, 0.717) is 42.7 Å². The normalized spacial score (nSPS) is 11.3. The van der Waals surface area contributed by atoms with Crippen molar-refractivity contribution < 1.29 is 32.5 Å². The summed E-state index contributed by atoms with van der Waals surface area (Å²) in [5, 5.41) is 0. The highest BCUT2D eigenvalue weighted by Gasteiger charge is 2.17. The number of aromatic nitrogens is 2. The first-order valence-corrected chi connectivity index (χ1v) is 31.0.